The number of halogens is 2. The molecule has 0 bridgehead atoms. The van der Waals surface area contributed by atoms with Gasteiger partial charge in [-0.2, -0.15) is 0 Å². The van der Waals surface area contributed by atoms with Crippen LogP contribution < -0.4 is 0 Å². The minimum absolute atomic E-state index is 0.00991. The fraction of sp³-hybridized carbons (Fsp3) is 0.222. The molecule has 0 amide bonds. The van der Waals surface area contributed by atoms with Gasteiger partial charge in [0.2, 0.25) is 0 Å². The van der Waals surface area contributed by atoms with E-state index in [1.165, 1.54) is 12.1 Å². The van der Waals surface area contributed by atoms with E-state index in [1.54, 1.807) is 6.92 Å². The van der Waals surface area contributed by atoms with Crippen LogP contribution in [0, 0.1) is 17.0 Å². The summed E-state index contributed by atoms with van der Waals surface area (Å²) in [5.74, 6) is -0.158. The second kappa shape index (κ2) is 4.72. The van der Waals surface area contributed by atoms with Crippen molar-refractivity contribution in [2.75, 3.05) is 5.33 Å². The molecule has 0 aliphatic heterocycles. The Balaban J connectivity index is 3.31. The zero-order chi connectivity index (χ0) is 11.6. The van der Waals surface area contributed by atoms with Gasteiger partial charge in [0.25, 0.3) is 5.69 Å². The van der Waals surface area contributed by atoms with Gasteiger partial charge in [-0.1, -0.05) is 27.5 Å². The van der Waals surface area contributed by atoms with Crippen LogP contribution in [-0.4, -0.2) is 16.0 Å². The third-order valence-corrected chi connectivity index (χ3v) is 2.68. The number of benzene rings is 1. The average Bonchev–Trinajstić information content (AvgIpc) is 2.14. The van der Waals surface area contributed by atoms with Crippen molar-refractivity contribution >= 4 is 39.0 Å². The van der Waals surface area contributed by atoms with Gasteiger partial charge in [-0.05, 0) is 19.1 Å². The molecule has 0 radical (unpaired) electrons. The van der Waals surface area contributed by atoms with Gasteiger partial charge in [0, 0.05) is 11.1 Å². The topological polar surface area (TPSA) is 60.2 Å². The molecule has 0 atom stereocenters. The van der Waals surface area contributed by atoms with Gasteiger partial charge in [0.15, 0.2) is 5.78 Å². The summed E-state index contributed by atoms with van der Waals surface area (Å²) in [4.78, 5) is 21.4. The number of alkyl halides is 1. The summed E-state index contributed by atoms with van der Waals surface area (Å²) in [6, 6.07) is 2.78. The summed E-state index contributed by atoms with van der Waals surface area (Å²) in [6.45, 7) is 1.55. The predicted octanol–water partition coefficient (Wildman–Crippen LogP) is 3.13. The van der Waals surface area contributed by atoms with Crippen LogP contribution in [0.1, 0.15) is 15.9 Å². The molecule has 1 aromatic rings. The monoisotopic (exact) mass is 291 g/mol. The van der Waals surface area contributed by atoms with Crippen molar-refractivity contribution in [2.24, 2.45) is 0 Å². The van der Waals surface area contributed by atoms with Crippen molar-refractivity contribution in [3.63, 3.8) is 0 Å². The molecule has 4 nitrogen and oxygen atoms in total. The van der Waals surface area contributed by atoms with E-state index in [2.05, 4.69) is 15.9 Å². The van der Waals surface area contributed by atoms with Gasteiger partial charge in [-0.25, -0.2) is 0 Å². The van der Waals surface area contributed by atoms with Gasteiger partial charge >= 0.3 is 0 Å². The molecule has 0 aromatic heterocycles. The maximum Gasteiger partial charge on any atom is 0.290 e. The number of nitro benzene ring substituents is 1. The van der Waals surface area contributed by atoms with Gasteiger partial charge in [0.1, 0.15) is 5.02 Å². The third kappa shape index (κ3) is 2.54. The molecule has 0 spiro atoms. The van der Waals surface area contributed by atoms with Crippen LogP contribution in [0.25, 0.3) is 0 Å². The summed E-state index contributed by atoms with van der Waals surface area (Å²) >= 11 is 8.74. The number of carbonyl (C=O) groups excluding carboxylic acids is 1. The maximum absolute atomic E-state index is 11.3. The van der Waals surface area contributed by atoms with Gasteiger partial charge in [-0.15, -0.1) is 0 Å². The first kappa shape index (κ1) is 12.1. The van der Waals surface area contributed by atoms with Crippen LogP contribution in [0.4, 0.5) is 5.69 Å². The van der Waals surface area contributed by atoms with Crippen LogP contribution in [0.3, 0.4) is 0 Å². The molecular formula is C9H7BrClNO3. The van der Waals surface area contributed by atoms with Gasteiger partial charge < -0.3 is 0 Å². The van der Waals surface area contributed by atoms with E-state index in [0.717, 1.165) is 0 Å². The van der Waals surface area contributed by atoms with E-state index in [9.17, 15) is 14.9 Å². The highest BCUT2D eigenvalue weighted by molar-refractivity contribution is 9.09. The first-order valence-electron chi connectivity index (χ1n) is 4.01. The van der Waals surface area contributed by atoms with Crippen LogP contribution >= 0.6 is 27.5 Å². The van der Waals surface area contributed by atoms with E-state index in [1.807, 2.05) is 0 Å². The number of Topliss-reactive ketones (excluding diaryl/α,β-unsaturated/α-hetero) is 1. The fourth-order valence-corrected chi connectivity index (χ4v) is 1.87. The molecule has 1 rings (SSSR count). The summed E-state index contributed by atoms with van der Waals surface area (Å²) in [5, 5.41) is 10.8. The van der Waals surface area contributed by atoms with Crippen molar-refractivity contribution in [1.29, 1.82) is 0 Å². The lowest BCUT2D eigenvalue weighted by molar-refractivity contribution is -0.385. The van der Waals surface area contributed by atoms with E-state index >= 15 is 0 Å². The molecule has 15 heavy (non-hydrogen) atoms. The number of aryl methyl sites for hydroxylation is 1. The standard InChI is InChI=1S/C9H7BrClNO3/c1-5-2-6(8(13)4-10)3-7(11)9(5)12(14)15/h2-3H,4H2,1H3. The summed E-state index contributed by atoms with van der Waals surface area (Å²) in [5.41, 5.74) is 0.611. The van der Waals surface area contributed by atoms with Gasteiger partial charge in [0.05, 0.1) is 10.3 Å². The first-order chi connectivity index (χ1) is 6.97. The van der Waals surface area contributed by atoms with Gasteiger partial charge in [-0.3, -0.25) is 14.9 Å². The summed E-state index contributed by atoms with van der Waals surface area (Å²) in [6.07, 6.45) is 0. The zero-order valence-corrected chi connectivity index (χ0v) is 10.1. The average molecular weight is 293 g/mol. The Morgan fingerprint density at radius 1 is 1.60 bits per heavy atom. The molecule has 1 aromatic carbocycles. The maximum atomic E-state index is 11.3. The quantitative estimate of drug-likeness (QED) is 0.372. The minimum atomic E-state index is -0.555. The van der Waals surface area contributed by atoms with Crippen molar-refractivity contribution in [3.05, 3.63) is 38.4 Å². The molecule has 0 N–H and O–H groups in total. The SMILES string of the molecule is Cc1cc(C(=O)CBr)cc(Cl)c1[N+](=O)[O-]. The van der Waals surface area contributed by atoms with E-state index in [4.69, 9.17) is 11.6 Å². The molecule has 0 aliphatic rings. The largest absolute Gasteiger partial charge is 0.293 e. The van der Waals surface area contributed by atoms with Crippen molar-refractivity contribution < 1.29 is 9.72 Å². The Morgan fingerprint density at radius 2 is 2.20 bits per heavy atom. The fourth-order valence-electron chi connectivity index (χ4n) is 1.21. The number of hydrogen-bond acceptors (Lipinski definition) is 3. The van der Waals surface area contributed by atoms with E-state index in [-0.39, 0.29) is 21.8 Å². The normalized spacial score (nSPS) is 10.1. The highest BCUT2D eigenvalue weighted by atomic mass is 79.9. The molecule has 80 valence electrons. The number of rotatable bonds is 3. The van der Waals surface area contributed by atoms with Crippen LogP contribution in [0.2, 0.25) is 5.02 Å². The lowest BCUT2D eigenvalue weighted by atomic mass is 10.1. The molecule has 0 heterocycles. The molecule has 0 aliphatic carbocycles. The Morgan fingerprint density at radius 3 is 2.60 bits per heavy atom. The molecular weight excluding hydrogens is 285 g/mol. The van der Waals surface area contributed by atoms with Crippen molar-refractivity contribution in [1.82, 2.24) is 0 Å². The third-order valence-electron chi connectivity index (χ3n) is 1.88. The molecule has 0 fully saturated rings. The number of nitrogens with zero attached hydrogens (tertiary/aromatic N) is 1. The summed E-state index contributed by atoms with van der Waals surface area (Å²) in [7, 11) is 0. The number of carbonyl (C=O) groups is 1. The zero-order valence-electron chi connectivity index (χ0n) is 7.79. The second-order valence-electron chi connectivity index (χ2n) is 2.94. The Kier molecular flexibility index (Phi) is 3.82. The Labute approximate surface area is 99.5 Å². The van der Waals surface area contributed by atoms with Crippen molar-refractivity contribution in [2.45, 2.75) is 6.92 Å². The van der Waals surface area contributed by atoms with Crippen LogP contribution in [0.5, 0.6) is 0 Å². The second-order valence-corrected chi connectivity index (χ2v) is 3.91. The highest BCUT2D eigenvalue weighted by Crippen LogP contribution is 2.29. The summed E-state index contributed by atoms with van der Waals surface area (Å²) < 4.78 is 0. The van der Waals surface area contributed by atoms with E-state index in [0.29, 0.717) is 11.1 Å². The smallest absolute Gasteiger partial charge is 0.290 e. The molecule has 0 saturated heterocycles. The van der Waals surface area contributed by atoms with Crippen LogP contribution in [-0.2, 0) is 0 Å². The molecule has 0 unspecified atom stereocenters. The first-order valence-corrected chi connectivity index (χ1v) is 5.51. The number of nitro groups is 1. The van der Waals surface area contributed by atoms with Crippen LogP contribution in [0.15, 0.2) is 12.1 Å². The lowest BCUT2D eigenvalue weighted by Crippen LogP contribution is -2.02. The highest BCUT2D eigenvalue weighted by Gasteiger charge is 2.18. The molecule has 0 saturated carbocycles. The van der Waals surface area contributed by atoms with E-state index < -0.39 is 4.92 Å². The Hall–Kier alpha value is -0.940. The lowest BCUT2D eigenvalue weighted by Gasteiger charge is -2.03. The minimum Gasteiger partial charge on any atom is -0.293 e. The van der Waals surface area contributed by atoms with Crippen molar-refractivity contribution in [3.8, 4) is 0 Å². The Bertz CT molecular complexity index is 410. The number of ketones is 1. The molecule has 6 heteroatoms. The number of hydrogen-bond donors (Lipinski definition) is 0. The predicted molar refractivity (Wildman–Crippen MR) is 61.0 cm³/mol.